The van der Waals surface area contributed by atoms with Gasteiger partial charge in [-0.25, -0.2) is 8.42 Å². The average Bonchev–Trinajstić information content (AvgIpc) is 3.23. The molecule has 0 bridgehead atoms. The summed E-state index contributed by atoms with van der Waals surface area (Å²) in [5, 5.41) is 1.62. The number of carbonyl (C=O) groups excluding carboxylic acids is 1. The maximum absolute atomic E-state index is 13.0. The molecule has 0 aliphatic carbocycles. The van der Waals surface area contributed by atoms with Gasteiger partial charge in [0.15, 0.2) is 0 Å². The van der Waals surface area contributed by atoms with Crippen molar-refractivity contribution in [3.63, 3.8) is 0 Å². The van der Waals surface area contributed by atoms with Gasteiger partial charge in [0.2, 0.25) is 15.9 Å². The lowest BCUT2D eigenvalue weighted by Gasteiger charge is -2.23. The number of amides is 1. The third-order valence-corrected chi connectivity index (χ3v) is 6.49. The van der Waals surface area contributed by atoms with E-state index in [1.54, 1.807) is 29.2 Å². The first kappa shape index (κ1) is 20.6. The van der Waals surface area contributed by atoms with E-state index in [9.17, 15) is 13.2 Å². The average molecular weight is 419 g/mol. The molecule has 0 aromatic heterocycles. The lowest BCUT2D eigenvalue weighted by Crippen LogP contribution is -2.40. The smallest absolute Gasteiger partial charge is 0.237 e. The second kappa shape index (κ2) is 9.37. The maximum Gasteiger partial charge on any atom is 0.237 e. The highest BCUT2D eigenvalue weighted by molar-refractivity contribution is 7.92. The van der Waals surface area contributed by atoms with E-state index >= 15 is 0 Å². The molecule has 5 nitrogen and oxygen atoms in total. The van der Waals surface area contributed by atoms with E-state index in [1.807, 2.05) is 30.3 Å². The molecule has 2 aromatic rings. The molecule has 2 aromatic carbocycles. The summed E-state index contributed by atoms with van der Waals surface area (Å²) < 4.78 is 27.2. The van der Waals surface area contributed by atoms with Crippen molar-refractivity contribution in [3.05, 3.63) is 76.2 Å². The van der Waals surface area contributed by atoms with Crippen molar-refractivity contribution in [3.8, 4) is 0 Å². The van der Waals surface area contributed by atoms with Crippen LogP contribution >= 0.6 is 11.6 Å². The molecule has 1 heterocycles. The van der Waals surface area contributed by atoms with E-state index in [4.69, 9.17) is 11.6 Å². The summed E-state index contributed by atoms with van der Waals surface area (Å²) >= 11 is 6.22. The Kier molecular flexibility index (Phi) is 6.88. The molecule has 7 heteroatoms. The Hall–Kier alpha value is -2.15. The second-order valence-corrected chi connectivity index (χ2v) is 8.93. The van der Waals surface area contributed by atoms with E-state index in [2.05, 4.69) is 0 Å². The number of halogens is 1. The quantitative estimate of drug-likeness (QED) is 0.687. The van der Waals surface area contributed by atoms with Crippen LogP contribution in [-0.2, 0) is 21.4 Å². The van der Waals surface area contributed by atoms with Crippen molar-refractivity contribution in [1.82, 2.24) is 9.21 Å². The van der Waals surface area contributed by atoms with Crippen molar-refractivity contribution in [2.75, 3.05) is 19.6 Å². The molecule has 3 rings (SSSR count). The number of likely N-dealkylation sites (tertiary alicyclic amines) is 1. The minimum Gasteiger partial charge on any atom is -0.342 e. The first-order chi connectivity index (χ1) is 13.5. The zero-order chi connectivity index (χ0) is 20.0. The van der Waals surface area contributed by atoms with Crippen molar-refractivity contribution < 1.29 is 13.2 Å². The number of carbonyl (C=O) groups is 1. The van der Waals surface area contributed by atoms with E-state index in [-0.39, 0.29) is 19.0 Å². The van der Waals surface area contributed by atoms with Crippen LogP contribution in [0.4, 0.5) is 0 Å². The molecular formula is C21H23ClN2O3S. The standard InChI is InChI=1S/C21H23ClN2O3S/c22-20-11-5-4-10-19(20)16-24(17-21(25)23-13-6-7-14-23)28(26,27)15-12-18-8-2-1-3-9-18/h1-5,8-12,15H,6-7,13-14,16-17H2/b15-12+. The van der Waals surface area contributed by atoms with Gasteiger partial charge in [-0.15, -0.1) is 0 Å². The zero-order valence-corrected chi connectivity index (χ0v) is 17.1. The number of rotatable bonds is 7. The molecule has 0 spiro atoms. The molecule has 28 heavy (non-hydrogen) atoms. The predicted octanol–water partition coefficient (Wildman–Crippen LogP) is 3.77. The first-order valence-corrected chi connectivity index (χ1v) is 11.1. The molecule has 0 radical (unpaired) electrons. The Morgan fingerprint density at radius 1 is 1.04 bits per heavy atom. The van der Waals surface area contributed by atoms with Gasteiger partial charge in [0, 0.05) is 30.1 Å². The van der Waals surface area contributed by atoms with E-state index < -0.39 is 10.0 Å². The highest BCUT2D eigenvalue weighted by Crippen LogP contribution is 2.20. The SMILES string of the molecule is O=C(CN(Cc1ccccc1Cl)S(=O)(=O)/C=C/c1ccccc1)N1CCCC1. The van der Waals surface area contributed by atoms with Gasteiger partial charge in [-0.1, -0.05) is 60.1 Å². The fourth-order valence-corrected chi connectivity index (χ4v) is 4.39. The Morgan fingerprint density at radius 3 is 2.36 bits per heavy atom. The van der Waals surface area contributed by atoms with Gasteiger partial charge in [-0.2, -0.15) is 4.31 Å². The van der Waals surface area contributed by atoms with Crippen LogP contribution in [0.1, 0.15) is 24.0 Å². The third-order valence-electron chi connectivity index (χ3n) is 4.67. The van der Waals surface area contributed by atoms with E-state index in [0.29, 0.717) is 23.7 Å². The van der Waals surface area contributed by atoms with Gasteiger partial charge in [0.1, 0.15) is 0 Å². The van der Waals surface area contributed by atoms with Crippen LogP contribution in [0.25, 0.3) is 6.08 Å². The molecule has 0 unspecified atom stereocenters. The predicted molar refractivity (Wildman–Crippen MR) is 112 cm³/mol. The van der Waals surface area contributed by atoms with Gasteiger partial charge < -0.3 is 4.90 Å². The molecule has 1 aliphatic rings. The molecule has 1 saturated heterocycles. The monoisotopic (exact) mass is 418 g/mol. The molecule has 0 atom stereocenters. The summed E-state index contributed by atoms with van der Waals surface area (Å²) in [6.07, 6.45) is 3.45. The fraction of sp³-hybridized carbons (Fsp3) is 0.286. The number of hydrogen-bond acceptors (Lipinski definition) is 3. The van der Waals surface area contributed by atoms with Crippen LogP contribution in [0.3, 0.4) is 0 Å². The van der Waals surface area contributed by atoms with Crippen LogP contribution in [-0.4, -0.2) is 43.2 Å². The van der Waals surface area contributed by atoms with Crippen LogP contribution in [0, 0.1) is 0 Å². The molecular weight excluding hydrogens is 396 g/mol. The summed E-state index contributed by atoms with van der Waals surface area (Å²) in [5.74, 6) is -0.179. The van der Waals surface area contributed by atoms with Crippen LogP contribution in [0.2, 0.25) is 5.02 Å². The van der Waals surface area contributed by atoms with Gasteiger partial charge in [0.25, 0.3) is 0 Å². The van der Waals surface area contributed by atoms with Gasteiger partial charge >= 0.3 is 0 Å². The number of hydrogen-bond donors (Lipinski definition) is 0. The second-order valence-electron chi connectivity index (χ2n) is 6.71. The normalized spacial score (nSPS) is 14.9. The Bertz CT molecular complexity index is 939. The summed E-state index contributed by atoms with van der Waals surface area (Å²) in [6.45, 7) is 1.20. The molecule has 1 aliphatic heterocycles. The van der Waals surface area contributed by atoms with Crippen LogP contribution in [0.5, 0.6) is 0 Å². The molecule has 0 N–H and O–H groups in total. The van der Waals surface area contributed by atoms with Crippen molar-refractivity contribution in [2.24, 2.45) is 0 Å². The molecule has 1 fully saturated rings. The first-order valence-electron chi connectivity index (χ1n) is 9.20. The minimum atomic E-state index is -3.81. The summed E-state index contributed by atoms with van der Waals surface area (Å²) in [7, 11) is -3.81. The molecule has 0 saturated carbocycles. The highest BCUT2D eigenvalue weighted by atomic mass is 35.5. The molecule has 148 valence electrons. The maximum atomic E-state index is 13.0. The van der Waals surface area contributed by atoms with Gasteiger partial charge in [-0.3, -0.25) is 4.79 Å². The lowest BCUT2D eigenvalue weighted by atomic mass is 10.2. The third kappa shape index (κ3) is 5.44. The number of sulfonamides is 1. The van der Waals surface area contributed by atoms with E-state index in [1.165, 1.54) is 10.4 Å². The summed E-state index contributed by atoms with van der Waals surface area (Å²) in [4.78, 5) is 14.3. The largest absolute Gasteiger partial charge is 0.342 e. The lowest BCUT2D eigenvalue weighted by molar-refractivity contribution is -0.130. The van der Waals surface area contributed by atoms with Crippen molar-refractivity contribution in [1.29, 1.82) is 0 Å². The minimum absolute atomic E-state index is 0.0424. The highest BCUT2D eigenvalue weighted by Gasteiger charge is 2.27. The molecule has 1 amide bonds. The van der Waals surface area contributed by atoms with Crippen LogP contribution < -0.4 is 0 Å². The summed E-state index contributed by atoms with van der Waals surface area (Å²) in [6, 6.07) is 16.2. The van der Waals surface area contributed by atoms with Gasteiger partial charge in [-0.05, 0) is 36.1 Å². The van der Waals surface area contributed by atoms with Crippen molar-refractivity contribution in [2.45, 2.75) is 19.4 Å². The Morgan fingerprint density at radius 2 is 1.68 bits per heavy atom. The number of nitrogens with zero attached hydrogens (tertiary/aromatic N) is 2. The van der Waals surface area contributed by atoms with Crippen molar-refractivity contribution >= 4 is 33.6 Å². The van der Waals surface area contributed by atoms with Gasteiger partial charge in [0.05, 0.1) is 6.54 Å². The Balaban J connectivity index is 1.84. The summed E-state index contributed by atoms with van der Waals surface area (Å²) in [5.41, 5.74) is 1.43. The zero-order valence-electron chi connectivity index (χ0n) is 15.5. The Labute approximate surface area is 171 Å². The fourth-order valence-electron chi connectivity index (χ4n) is 3.08. The van der Waals surface area contributed by atoms with E-state index in [0.717, 1.165) is 23.8 Å². The van der Waals surface area contributed by atoms with Crippen LogP contribution in [0.15, 0.2) is 60.0 Å². The number of benzene rings is 2. The topological polar surface area (TPSA) is 57.7 Å².